The van der Waals surface area contributed by atoms with Crippen LogP contribution in [0.1, 0.15) is 17.3 Å². The first-order chi connectivity index (χ1) is 9.51. The van der Waals surface area contributed by atoms with E-state index >= 15 is 0 Å². The minimum Gasteiger partial charge on any atom is -0.398 e. The van der Waals surface area contributed by atoms with Gasteiger partial charge in [-0.25, -0.2) is 0 Å². The van der Waals surface area contributed by atoms with Crippen molar-refractivity contribution in [3.05, 3.63) is 28.8 Å². The van der Waals surface area contributed by atoms with Crippen LogP contribution in [0, 0.1) is 0 Å². The molecule has 0 bridgehead atoms. The molecule has 1 amide bonds. The van der Waals surface area contributed by atoms with Crippen LogP contribution in [0.5, 0.6) is 0 Å². The molecule has 0 spiro atoms. The number of hydrogen-bond donors (Lipinski definition) is 1. The van der Waals surface area contributed by atoms with E-state index in [-0.39, 0.29) is 11.9 Å². The summed E-state index contributed by atoms with van der Waals surface area (Å²) in [4.78, 5) is 14.2. The van der Waals surface area contributed by atoms with E-state index in [0.717, 1.165) is 0 Å². The van der Waals surface area contributed by atoms with Crippen LogP contribution in [0.3, 0.4) is 0 Å². The van der Waals surface area contributed by atoms with Gasteiger partial charge in [-0.3, -0.25) is 4.79 Å². The molecule has 1 rings (SSSR count). The van der Waals surface area contributed by atoms with Crippen LogP contribution in [0.4, 0.5) is 5.69 Å². The van der Waals surface area contributed by atoms with Crippen LogP contribution in [0.2, 0.25) is 5.02 Å². The molecule has 0 aliphatic carbocycles. The van der Waals surface area contributed by atoms with Gasteiger partial charge in [0.25, 0.3) is 5.91 Å². The summed E-state index contributed by atoms with van der Waals surface area (Å²) in [6.07, 6.45) is 0. The first-order valence-corrected chi connectivity index (χ1v) is 6.73. The van der Waals surface area contributed by atoms with Crippen LogP contribution in [0.15, 0.2) is 18.2 Å². The van der Waals surface area contributed by atoms with Crippen LogP contribution >= 0.6 is 11.6 Å². The maximum Gasteiger partial charge on any atom is 0.254 e. The number of hydrogen-bond acceptors (Lipinski definition) is 4. The van der Waals surface area contributed by atoms with E-state index in [0.29, 0.717) is 36.0 Å². The summed E-state index contributed by atoms with van der Waals surface area (Å²) < 4.78 is 10.2. The Bertz CT molecular complexity index is 454. The Morgan fingerprint density at radius 2 is 2.10 bits per heavy atom. The second kappa shape index (κ2) is 8.09. The maximum absolute atomic E-state index is 12.5. The number of methoxy groups -OCH3 is 2. The number of amides is 1. The predicted molar refractivity (Wildman–Crippen MR) is 80.1 cm³/mol. The topological polar surface area (TPSA) is 64.8 Å². The molecule has 5 nitrogen and oxygen atoms in total. The summed E-state index contributed by atoms with van der Waals surface area (Å²) in [7, 11) is 3.21. The summed E-state index contributed by atoms with van der Waals surface area (Å²) in [6.45, 7) is 3.33. The Kier molecular flexibility index (Phi) is 6.78. The predicted octanol–water partition coefficient (Wildman–Crippen LogP) is 2.05. The number of halogens is 1. The molecule has 0 heterocycles. The molecule has 6 heteroatoms. The van der Waals surface area contributed by atoms with Crippen molar-refractivity contribution in [1.29, 1.82) is 0 Å². The lowest BCUT2D eigenvalue weighted by molar-refractivity contribution is 0.0479. The van der Waals surface area contributed by atoms with Gasteiger partial charge >= 0.3 is 0 Å². The van der Waals surface area contributed by atoms with E-state index in [1.165, 1.54) is 0 Å². The standard InChI is InChI=1S/C14H21ClN2O3/c1-10(9-20-3)17(6-7-19-2)14(18)11-4-5-13(16)12(15)8-11/h4-5,8,10H,6-7,9,16H2,1-3H3. The third-order valence-electron chi connectivity index (χ3n) is 2.98. The Labute approximate surface area is 124 Å². The Balaban J connectivity index is 2.93. The summed E-state index contributed by atoms with van der Waals surface area (Å²) in [5.41, 5.74) is 6.61. The fourth-order valence-electron chi connectivity index (χ4n) is 1.87. The van der Waals surface area contributed by atoms with Crippen LogP contribution in [0.25, 0.3) is 0 Å². The van der Waals surface area contributed by atoms with Crippen LogP contribution < -0.4 is 5.73 Å². The van der Waals surface area contributed by atoms with Gasteiger partial charge in [-0.2, -0.15) is 0 Å². The average molecular weight is 301 g/mol. The van der Waals surface area contributed by atoms with Crippen molar-refractivity contribution >= 4 is 23.2 Å². The van der Waals surface area contributed by atoms with E-state index in [1.807, 2.05) is 6.92 Å². The molecule has 0 saturated heterocycles. The van der Waals surface area contributed by atoms with Crippen LogP contribution in [-0.4, -0.2) is 50.8 Å². The van der Waals surface area contributed by atoms with Crippen molar-refractivity contribution in [2.75, 3.05) is 39.7 Å². The quantitative estimate of drug-likeness (QED) is 0.783. The van der Waals surface area contributed by atoms with Gasteiger partial charge in [0.1, 0.15) is 0 Å². The van der Waals surface area contributed by atoms with E-state index < -0.39 is 0 Å². The molecule has 1 atom stereocenters. The molecule has 2 N–H and O–H groups in total. The zero-order chi connectivity index (χ0) is 15.1. The number of rotatable bonds is 7. The zero-order valence-electron chi connectivity index (χ0n) is 12.1. The summed E-state index contributed by atoms with van der Waals surface area (Å²) in [6, 6.07) is 4.82. The molecule has 0 fully saturated rings. The number of nitrogens with zero attached hydrogens (tertiary/aromatic N) is 1. The third kappa shape index (κ3) is 4.37. The second-order valence-electron chi connectivity index (χ2n) is 4.53. The molecule has 1 unspecified atom stereocenters. The lowest BCUT2D eigenvalue weighted by Crippen LogP contribution is -2.43. The van der Waals surface area contributed by atoms with Crippen molar-refractivity contribution in [3.8, 4) is 0 Å². The Morgan fingerprint density at radius 3 is 2.65 bits per heavy atom. The fourth-order valence-corrected chi connectivity index (χ4v) is 2.05. The first kappa shape index (κ1) is 16.8. The van der Waals surface area contributed by atoms with Gasteiger partial charge in [0, 0.05) is 26.3 Å². The number of benzene rings is 1. The number of carbonyl (C=O) groups excluding carboxylic acids is 1. The van der Waals surface area contributed by atoms with E-state index in [4.69, 9.17) is 26.8 Å². The molecule has 112 valence electrons. The largest absolute Gasteiger partial charge is 0.398 e. The van der Waals surface area contributed by atoms with E-state index in [2.05, 4.69) is 0 Å². The highest BCUT2D eigenvalue weighted by Crippen LogP contribution is 2.21. The van der Waals surface area contributed by atoms with E-state index in [9.17, 15) is 4.79 Å². The minimum atomic E-state index is -0.117. The summed E-state index contributed by atoms with van der Waals surface area (Å²) in [5, 5.41) is 0.377. The molecule has 0 aliphatic rings. The molecular formula is C14H21ClN2O3. The highest BCUT2D eigenvalue weighted by atomic mass is 35.5. The molecule has 0 radical (unpaired) electrons. The average Bonchev–Trinajstić information content (AvgIpc) is 2.42. The summed E-state index contributed by atoms with van der Waals surface area (Å²) >= 11 is 5.96. The van der Waals surface area contributed by atoms with E-state index in [1.54, 1.807) is 37.3 Å². The van der Waals surface area contributed by atoms with Crippen molar-refractivity contribution in [1.82, 2.24) is 4.90 Å². The highest BCUT2D eigenvalue weighted by Gasteiger charge is 2.21. The second-order valence-corrected chi connectivity index (χ2v) is 4.94. The van der Waals surface area contributed by atoms with Gasteiger partial charge in [-0.15, -0.1) is 0 Å². The Hall–Kier alpha value is -1.30. The fraction of sp³-hybridized carbons (Fsp3) is 0.500. The number of nitrogen functional groups attached to an aromatic ring is 1. The lowest BCUT2D eigenvalue weighted by Gasteiger charge is -2.28. The van der Waals surface area contributed by atoms with Crippen molar-refractivity contribution in [2.24, 2.45) is 0 Å². The van der Waals surface area contributed by atoms with Crippen LogP contribution in [-0.2, 0) is 9.47 Å². The lowest BCUT2D eigenvalue weighted by atomic mass is 10.1. The normalized spacial score (nSPS) is 12.2. The Morgan fingerprint density at radius 1 is 1.40 bits per heavy atom. The molecule has 0 aromatic heterocycles. The molecule has 1 aromatic rings. The van der Waals surface area contributed by atoms with Gasteiger partial charge in [-0.05, 0) is 25.1 Å². The molecular weight excluding hydrogens is 280 g/mol. The first-order valence-electron chi connectivity index (χ1n) is 6.35. The van der Waals surface area contributed by atoms with Gasteiger partial charge in [0.05, 0.1) is 30.0 Å². The zero-order valence-corrected chi connectivity index (χ0v) is 12.8. The molecule has 1 aromatic carbocycles. The van der Waals surface area contributed by atoms with Crippen molar-refractivity contribution in [3.63, 3.8) is 0 Å². The van der Waals surface area contributed by atoms with Gasteiger partial charge in [0.15, 0.2) is 0 Å². The minimum absolute atomic E-state index is 0.0565. The molecule has 0 aliphatic heterocycles. The number of carbonyl (C=O) groups is 1. The summed E-state index contributed by atoms with van der Waals surface area (Å²) in [5.74, 6) is -0.117. The van der Waals surface area contributed by atoms with Gasteiger partial charge in [0.2, 0.25) is 0 Å². The molecule has 20 heavy (non-hydrogen) atoms. The SMILES string of the molecule is COCCN(C(=O)c1ccc(N)c(Cl)c1)C(C)COC. The van der Waals surface area contributed by atoms with Gasteiger partial charge in [-0.1, -0.05) is 11.6 Å². The monoisotopic (exact) mass is 300 g/mol. The number of anilines is 1. The molecule has 0 saturated carbocycles. The smallest absolute Gasteiger partial charge is 0.254 e. The number of nitrogens with two attached hydrogens (primary N) is 1. The highest BCUT2D eigenvalue weighted by molar-refractivity contribution is 6.33. The number of ether oxygens (including phenoxy) is 2. The third-order valence-corrected chi connectivity index (χ3v) is 3.31. The van der Waals surface area contributed by atoms with Gasteiger partial charge < -0.3 is 20.1 Å². The van der Waals surface area contributed by atoms with Crippen molar-refractivity contribution in [2.45, 2.75) is 13.0 Å². The maximum atomic E-state index is 12.5. The van der Waals surface area contributed by atoms with Crippen molar-refractivity contribution < 1.29 is 14.3 Å².